The first kappa shape index (κ1) is 13.3. The molecule has 0 amide bonds. The van der Waals surface area contributed by atoms with Gasteiger partial charge in [-0.3, -0.25) is 0 Å². The van der Waals surface area contributed by atoms with Crippen molar-refractivity contribution >= 4 is 21.6 Å². The van der Waals surface area contributed by atoms with E-state index in [9.17, 15) is 0 Å². The van der Waals surface area contributed by atoms with Crippen LogP contribution in [0.15, 0.2) is 42.5 Å². The van der Waals surface area contributed by atoms with Crippen LogP contribution >= 0.6 is 11.3 Å². The number of thiazole rings is 1. The van der Waals surface area contributed by atoms with Gasteiger partial charge in [-0.2, -0.15) is 0 Å². The fourth-order valence-electron chi connectivity index (χ4n) is 2.32. The lowest BCUT2D eigenvalue weighted by molar-refractivity contribution is 0.590. The Morgan fingerprint density at radius 2 is 1.65 bits per heavy atom. The second-order valence-electron chi connectivity index (χ2n) is 6.27. The molecule has 0 unspecified atom stereocenters. The summed E-state index contributed by atoms with van der Waals surface area (Å²) in [6.07, 6.45) is 0. The zero-order valence-corrected chi connectivity index (χ0v) is 13.2. The first-order valence-corrected chi connectivity index (χ1v) is 7.74. The van der Waals surface area contributed by atoms with Crippen LogP contribution in [0, 0.1) is 6.92 Å². The molecule has 3 aromatic rings. The predicted molar refractivity (Wildman–Crippen MR) is 88.5 cm³/mol. The van der Waals surface area contributed by atoms with Gasteiger partial charge in [0.15, 0.2) is 0 Å². The summed E-state index contributed by atoms with van der Waals surface area (Å²) in [5, 5.41) is 1.11. The molecule has 0 aliphatic rings. The Bertz CT molecular complexity index is 745. The minimum Gasteiger partial charge on any atom is -0.236 e. The van der Waals surface area contributed by atoms with Gasteiger partial charge in [0.05, 0.1) is 10.2 Å². The Morgan fingerprint density at radius 3 is 2.25 bits per heavy atom. The number of aromatic nitrogens is 1. The highest BCUT2D eigenvalue weighted by molar-refractivity contribution is 7.21. The normalized spacial score (nSPS) is 12.0. The Morgan fingerprint density at radius 1 is 0.950 bits per heavy atom. The van der Waals surface area contributed by atoms with E-state index in [1.807, 2.05) is 0 Å². The van der Waals surface area contributed by atoms with Crippen molar-refractivity contribution in [2.45, 2.75) is 33.1 Å². The minimum atomic E-state index is 0.197. The summed E-state index contributed by atoms with van der Waals surface area (Å²) in [7, 11) is 0. The largest absolute Gasteiger partial charge is 0.236 e. The SMILES string of the molecule is Cc1cccc2sc(-c3ccc(C(C)(C)C)cc3)nc12. The first-order chi connectivity index (χ1) is 9.45. The fourth-order valence-corrected chi connectivity index (χ4v) is 3.37. The summed E-state index contributed by atoms with van der Waals surface area (Å²) < 4.78 is 1.26. The maximum atomic E-state index is 4.79. The molecule has 0 saturated carbocycles. The van der Waals surface area contributed by atoms with E-state index < -0.39 is 0 Å². The van der Waals surface area contributed by atoms with E-state index in [1.165, 1.54) is 21.4 Å². The van der Waals surface area contributed by atoms with E-state index in [1.54, 1.807) is 11.3 Å². The van der Waals surface area contributed by atoms with Crippen molar-refractivity contribution in [3.63, 3.8) is 0 Å². The molecule has 0 fully saturated rings. The molecule has 0 N–H and O–H groups in total. The highest BCUT2D eigenvalue weighted by Crippen LogP contribution is 2.32. The van der Waals surface area contributed by atoms with E-state index in [-0.39, 0.29) is 5.41 Å². The van der Waals surface area contributed by atoms with Crippen molar-refractivity contribution in [2.75, 3.05) is 0 Å². The highest BCUT2D eigenvalue weighted by Gasteiger charge is 2.14. The standard InChI is InChI=1S/C18H19NS/c1-12-6-5-7-15-16(12)19-17(20-15)13-8-10-14(11-9-13)18(2,3)4/h5-11H,1-4H3. The third-order valence-corrected chi connectivity index (χ3v) is 4.69. The molecular weight excluding hydrogens is 262 g/mol. The fraction of sp³-hybridized carbons (Fsp3) is 0.278. The van der Waals surface area contributed by atoms with E-state index in [0.717, 1.165) is 10.5 Å². The number of nitrogens with zero attached hydrogens (tertiary/aromatic N) is 1. The van der Waals surface area contributed by atoms with Gasteiger partial charge in [-0.1, -0.05) is 57.2 Å². The molecule has 3 rings (SSSR count). The van der Waals surface area contributed by atoms with Gasteiger partial charge in [0.2, 0.25) is 0 Å². The third kappa shape index (κ3) is 2.36. The molecule has 0 aliphatic heterocycles. The third-order valence-electron chi connectivity index (χ3n) is 3.62. The molecule has 0 radical (unpaired) electrons. The lowest BCUT2D eigenvalue weighted by Gasteiger charge is -2.18. The Balaban J connectivity index is 2.05. The van der Waals surface area contributed by atoms with Gasteiger partial charge >= 0.3 is 0 Å². The van der Waals surface area contributed by atoms with Crippen LogP contribution in [0.1, 0.15) is 31.9 Å². The number of benzene rings is 2. The van der Waals surface area contributed by atoms with Crippen LogP contribution in [0.25, 0.3) is 20.8 Å². The number of rotatable bonds is 1. The smallest absolute Gasteiger partial charge is 0.124 e. The number of para-hydroxylation sites is 1. The molecule has 0 saturated heterocycles. The summed E-state index contributed by atoms with van der Waals surface area (Å²) in [4.78, 5) is 4.79. The average Bonchev–Trinajstić information content (AvgIpc) is 2.83. The quantitative estimate of drug-likeness (QED) is 0.568. The van der Waals surface area contributed by atoms with Gasteiger partial charge in [-0.15, -0.1) is 11.3 Å². The maximum Gasteiger partial charge on any atom is 0.124 e. The van der Waals surface area contributed by atoms with E-state index >= 15 is 0 Å². The van der Waals surface area contributed by atoms with Gasteiger partial charge < -0.3 is 0 Å². The van der Waals surface area contributed by atoms with Crippen LogP contribution in [-0.2, 0) is 5.41 Å². The highest BCUT2D eigenvalue weighted by atomic mass is 32.1. The van der Waals surface area contributed by atoms with E-state index in [2.05, 4.69) is 70.2 Å². The van der Waals surface area contributed by atoms with Crippen LogP contribution in [0.3, 0.4) is 0 Å². The van der Waals surface area contributed by atoms with Crippen LogP contribution in [0.4, 0.5) is 0 Å². The summed E-state index contributed by atoms with van der Waals surface area (Å²) >= 11 is 1.77. The average molecular weight is 281 g/mol. The van der Waals surface area contributed by atoms with Crippen LogP contribution in [-0.4, -0.2) is 4.98 Å². The molecule has 0 aliphatic carbocycles. The van der Waals surface area contributed by atoms with Gasteiger partial charge in [0.25, 0.3) is 0 Å². The second kappa shape index (κ2) is 4.71. The molecule has 102 valence electrons. The van der Waals surface area contributed by atoms with E-state index in [4.69, 9.17) is 4.98 Å². The minimum absolute atomic E-state index is 0.197. The molecule has 20 heavy (non-hydrogen) atoms. The van der Waals surface area contributed by atoms with Crippen LogP contribution in [0.2, 0.25) is 0 Å². The molecule has 1 heterocycles. The zero-order valence-electron chi connectivity index (χ0n) is 12.4. The van der Waals surface area contributed by atoms with Gasteiger partial charge in [-0.05, 0) is 29.5 Å². The predicted octanol–water partition coefficient (Wildman–Crippen LogP) is 5.57. The van der Waals surface area contributed by atoms with Crippen molar-refractivity contribution in [1.29, 1.82) is 0 Å². The number of fused-ring (bicyclic) bond motifs is 1. The lowest BCUT2D eigenvalue weighted by Crippen LogP contribution is -2.10. The Hall–Kier alpha value is -1.67. The lowest BCUT2D eigenvalue weighted by atomic mass is 9.87. The molecule has 2 heteroatoms. The summed E-state index contributed by atoms with van der Waals surface area (Å²) in [6.45, 7) is 8.84. The molecule has 0 spiro atoms. The molecule has 0 bridgehead atoms. The summed E-state index contributed by atoms with van der Waals surface area (Å²) in [6, 6.07) is 15.2. The van der Waals surface area contributed by atoms with Gasteiger partial charge in [0, 0.05) is 5.56 Å². The second-order valence-corrected chi connectivity index (χ2v) is 7.30. The van der Waals surface area contributed by atoms with E-state index in [0.29, 0.717) is 0 Å². The van der Waals surface area contributed by atoms with Crippen molar-refractivity contribution < 1.29 is 0 Å². The van der Waals surface area contributed by atoms with Crippen molar-refractivity contribution in [2.24, 2.45) is 0 Å². The number of hydrogen-bond donors (Lipinski definition) is 0. The summed E-state index contributed by atoms with van der Waals surface area (Å²) in [5.41, 5.74) is 5.14. The van der Waals surface area contributed by atoms with Crippen LogP contribution in [0.5, 0.6) is 0 Å². The van der Waals surface area contributed by atoms with Crippen molar-refractivity contribution in [3.8, 4) is 10.6 Å². The molecular formula is C18H19NS. The number of hydrogen-bond acceptors (Lipinski definition) is 2. The molecule has 0 atom stereocenters. The van der Waals surface area contributed by atoms with Crippen LogP contribution < -0.4 is 0 Å². The monoisotopic (exact) mass is 281 g/mol. The molecule has 1 aromatic heterocycles. The van der Waals surface area contributed by atoms with Crippen molar-refractivity contribution in [1.82, 2.24) is 4.98 Å². The number of aryl methyl sites for hydroxylation is 1. The maximum absolute atomic E-state index is 4.79. The summed E-state index contributed by atoms with van der Waals surface area (Å²) in [5.74, 6) is 0. The van der Waals surface area contributed by atoms with Gasteiger partial charge in [0.1, 0.15) is 5.01 Å². The zero-order chi connectivity index (χ0) is 14.3. The molecule has 1 nitrogen and oxygen atoms in total. The molecule has 2 aromatic carbocycles. The van der Waals surface area contributed by atoms with Crippen molar-refractivity contribution in [3.05, 3.63) is 53.6 Å². The van der Waals surface area contributed by atoms with Gasteiger partial charge in [-0.25, -0.2) is 4.98 Å². The Kier molecular flexibility index (Phi) is 3.14. The Labute approximate surface area is 124 Å². The topological polar surface area (TPSA) is 12.9 Å². The first-order valence-electron chi connectivity index (χ1n) is 6.92.